The normalized spacial score (nSPS) is 14.7. The molecule has 0 saturated heterocycles. The van der Waals surface area contributed by atoms with E-state index >= 15 is 0 Å². The molecule has 182 valence electrons. The summed E-state index contributed by atoms with van der Waals surface area (Å²) in [6, 6.07) is 20.6. The van der Waals surface area contributed by atoms with Gasteiger partial charge in [-0.25, -0.2) is 4.98 Å². The lowest BCUT2D eigenvalue weighted by atomic mass is 9.98. The summed E-state index contributed by atoms with van der Waals surface area (Å²) < 4.78 is 1.81. The number of hydrogen-bond donors (Lipinski definition) is 0. The van der Waals surface area contributed by atoms with Gasteiger partial charge in [0.1, 0.15) is 6.33 Å². The van der Waals surface area contributed by atoms with E-state index in [9.17, 15) is 9.59 Å². The van der Waals surface area contributed by atoms with Crippen LogP contribution in [-0.4, -0.2) is 50.1 Å². The van der Waals surface area contributed by atoms with Crippen molar-refractivity contribution in [3.05, 3.63) is 107 Å². The average molecular weight is 481 g/mol. The monoisotopic (exact) mass is 480 g/mol. The van der Waals surface area contributed by atoms with E-state index < -0.39 is 0 Å². The van der Waals surface area contributed by atoms with E-state index in [1.807, 2.05) is 79.2 Å². The molecular formula is C28H28N6O2. The molecule has 0 spiro atoms. The van der Waals surface area contributed by atoms with Crippen LogP contribution in [0.4, 0.5) is 5.69 Å². The van der Waals surface area contributed by atoms with Gasteiger partial charge in [-0.15, -0.1) is 0 Å². The van der Waals surface area contributed by atoms with Gasteiger partial charge < -0.3 is 9.80 Å². The first-order valence-electron chi connectivity index (χ1n) is 12.0. The first kappa shape index (κ1) is 23.4. The number of carbonyl (C=O) groups excluding carboxylic acids is 2. The quantitative estimate of drug-likeness (QED) is 0.410. The molecule has 0 aliphatic carbocycles. The molecular weight excluding hydrogens is 452 g/mol. The number of carbonyl (C=O) groups is 2. The van der Waals surface area contributed by atoms with Gasteiger partial charge in [-0.1, -0.05) is 24.3 Å². The molecule has 0 N–H and O–H groups in total. The van der Waals surface area contributed by atoms with E-state index in [1.165, 1.54) is 0 Å². The van der Waals surface area contributed by atoms with Crippen molar-refractivity contribution in [2.75, 3.05) is 18.5 Å². The van der Waals surface area contributed by atoms with Gasteiger partial charge in [0.15, 0.2) is 5.82 Å². The third-order valence-corrected chi connectivity index (χ3v) is 6.41. The maximum Gasteiger partial charge on any atom is 0.258 e. The summed E-state index contributed by atoms with van der Waals surface area (Å²) in [5.41, 5.74) is 3.63. The molecule has 5 rings (SSSR count). The van der Waals surface area contributed by atoms with Crippen molar-refractivity contribution in [3.63, 3.8) is 0 Å². The smallest absolute Gasteiger partial charge is 0.258 e. The van der Waals surface area contributed by atoms with Crippen molar-refractivity contribution in [1.82, 2.24) is 24.6 Å². The van der Waals surface area contributed by atoms with Crippen LogP contribution in [0, 0.1) is 0 Å². The number of rotatable bonds is 6. The molecule has 2 aromatic carbocycles. The summed E-state index contributed by atoms with van der Waals surface area (Å²) in [6.07, 6.45) is 3.44. The minimum absolute atomic E-state index is 0.0889. The van der Waals surface area contributed by atoms with Gasteiger partial charge in [-0.3, -0.25) is 19.3 Å². The van der Waals surface area contributed by atoms with E-state index in [0.29, 0.717) is 30.0 Å². The molecule has 0 radical (unpaired) electrons. The zero-order valence-corrected chi connectivity index (χ0v) is 20.6. The molecule has 0 bridgehead atoms. The highest BCUT2D eigenvalue weighted by Gasteiger charge is 2.36. The van der Waals surface area contributed by atoms with E-state index in [1.54, 1.807) is 35.4 Å². The molecule has 2 aromatic heterocycles. The third kappa shape index (κ3) is 4.49. The van der Waals surface area contributed by atoms with Gasteiger partial charge in [0, 0.05) is 42.6 Å². The van der Waals surface area contributed by atoms with Gasteiger partial charge in [-0.05, 0) is 61.9 Å². The van der Waals surface area contributed by atoms with Crippen molar-refractivity contribution in [2.24, 2.45) is 0 Å². The Morgan fingerprint density at radius 3 is 2.47 bits per heavy atom. The molecule has 8 nitrogen and oxygen atoms in total. The largest absolute Gasteiger partial charge is 0.336 e. The van der Waals surface area contributed by atoms with Crippen molar-refractivity contribution < 1.29 is 9.59 Å². The van der Waals surface area contributed by atoms with Gasteiger partial charge in [0.2, 0.25) is 0 Å². The molecule has 1 aliphatic heterocycles. The van der Waals surface area contributed by atoms with Gasteiger partial charge in [-0.2, -0.15) is 5.10 Å². The Morgan fingerprint density at radius 1 is 1.00 bits per heavy atom. The zero-order valence-electron chi connectivity index (χ0n) is 20.6. The number of pyridine rings is 1. The fourth-order valence-electron chi connectivity index (χ4n) is 4.46. The number of aromatic nitrogens is 4. The predicted molar refractivity (Wildman–Crippen MR) is 137 cm³/mol. The zero-order chi connectivity index (χ0) is 25.2. The maximum atomic E-state index is 13.4. The van der Waals surface area contributed by atoms with Crippen molar-refractivity contribution in [2.45, 2.75) is 32.4 Å². The summed E-state index contributed by atoms with van der Waals surface area (Å²) in [7, 11) is 1.76. The van der Waals surface area contributed by atoms with E-state index in [4.69, 9.17) is 0 Å². The third-order valence-electron chi connectivity index (χ3n) is 6.41. The van der Waals surface area contributed by atoms with Crippen LogP contribution in [0.15, 0.2) is 79.3 Å². The second kappa shape index (κ2) is 9.73. The highest BCUT2D eigenvalue weighted by Crippen LogP contribution is 2.40. The minimum atomic E-state index is -0.235. The first-order chi connectivity index (χ1) is 17.4. The van der Waals surface area contributed by atoms with Crippen LogP contribution in [0.2, 0.25) is 0 Å². The van der Waals surface area contributed by atoms with Crippen LogP contribution in [-0.2, 0) is 6.54 Å². The van der Waals surface area contributed by atoms with Gasteiger partial charge in [0.05, 0.1) is 18.2 Å². The molecule has 3 heterocycles. The lowest BCUT2D eigenvalue weighted by Gasteiger charge is -2.19. The van der Waals surface area contributed by atoms with Crippen LogP contribution >= 0.6 is 0 Å². The second-order valence-electron chi connectivity index (χ2n) is 9.27. The summed E-state index contributed by atoms with van der Waals surface area (Å²) in [4.78, 5) is 39.0. The number of hydrogen-bond acceptors (Lipinski definition) is 5. The number of anilines is 1. The van der Waals surface area contributed by atoms with Crippen LogP contribution in [0.25, 0.3) is 0 Å². The Labute approximate surface area is 210 Å². The summed E-state index contributed by atoms with van der Waals surface area (Å²) in [6.45, 7) is 4.90. The lowest BCUT2D eigenvalue weighted by Crippen LogP contribution is -2.30. The van der Waals surface area contributed by atoms with Crippen LogP contribution in [0.3, 0.4) is 0 Å². The molecule has 36 heavy (non-hydrogen) atoms. The van der Waals surface area contributed by atoms with E-state index in [-0.39, 0.29) is 23.8 Å². The highest BCUT2D eigenvalue weighted by atomic mass is 16.2. The summed E-state index contributed by atoms with van der Waals surface area (Å²) in [5.74, 6) is 0.200. The van der Waals surface area contributed by atoms with E-state index in [2.05, 4.69) is 15.1 Å². The highest BCUT2D eigenvalue weighted by molar-refractivity contribution is 6.08. The Balaban J connectivity index is 1.50. The summed E-state index contributed by atoms with van der Waals surface area (Å²) in [5, 5.41) is 4.69. The molecule has 8 heteroatoms. The SMILES string of the molecule is CC(C)n1cnc([C@@H]2CN(C(=O)c3ccccc3)c3ccc(C(=O)N(C)Cc4ccccn4)cc32)n1. The molecule has 0 unspecified atom stereocenters. The summed E-state index contributed by atoms with van der Waals surface area (Å²) >= 11 is 0. The topological polar surface area (TPSA) is 84.2 Å². The maximum absolute atomic E-state index is 13.4. The molecule has 0 saturated carbocycles. The number of benzene rings is 2. The van der Waals surface area contributed by atoms with Crippen molar-refractivity contribution in [3.8, 4) is 0 Å². The molecule has 4 aromatic rings. The molecule has 1 atom stereocenters. The lowest BCUT2D eigenvalue weighted by molar-refractivity contribution is 0.0783. The van der Waals surface area contributed by atoms with Gasteiger partial charge in [0.25, 0.3) is 11.8 Å². The van der Waals surface area contributed by atoms with Crippen LogP contribution in [0.1, 0.15) is 63.6 Å². The van der Waals surface area contributed by atoms with Gasteiger partial charge >= 0.3 is 0 Å². The fraction of sp³-hybridized carbons (Fsp3) is 0.250. The predicted octanol–water partition coefficient (Wildman–Crippen LogP) is 4.32. The minimum Gasteiger partial charge on any atom is -0.336 e. The van der Waals surface area contributed by atoms with E-state index in [0.717, 1.165) is 16.9 Å². The van der Waals surface area contributed by atoms with Crippen LogP contribution < -0.4 is 4.90 Å². The first-order valence-corrected chi connectivity index (χ1v) is 12.0. The standard InChI is InChI=1S/C28H28N6O2/c1-19(2)34-18-30-26(31-34)24-17-33(28(36)20-9-5-4-6-10-20)25-13-12-21(15-23(24)25)27(35)32(3)16-22-11-7-8-14-29-22/h4-15,18-19,24H,16-17H2,1-3H3/t24-/m1/s1. The Hall–Kier alpha value is -4.33. The van der Waals surface area contributed by atoms with Crippen molar-refractivity contribution >= 4 is 17.5 Å². The molecule has 0 fully saturated rings. The second-order valence-corrected chi connectivity index (χ2v) is 9.27. The fourth-order valence-corrected chi connectivity index (χ4v) is 4.46. The molecule has 1 aliphatic rings. The van der Waals surface area contributed by atoms with Crippen molar-refractivity contribution in [1.29, 1.82) is 0 Å². The average Bonchev–Trinajstić information content (AvgIpc) is 3.54. The molecule has 2 amide bonds. The number of fused-ring (bicyclic) bond motifs is 1. The Bertz CT molecular complexity index is 1380. The Morgan fingerprint density at radius 2 is 1.78 bits per heavy atom. The Kier molecular flexibility index (Phi) is 6.33. The van der Waals surface area contributed by atoms with Crippen LogP contribution in [0.5, 0.6) is 0 Å². The number of amides is 2. The number of nitrogens with zero attached hydrogens (tertiary/aromatic N) is 6.